The molecule has 0 spiro atoms. The molecule has 2 amide bonds. The van der Waals surface area contributed by atoms with Crippen molar-refractivity contribution in [1.82, 2.24) is 9.21 Å². The van der Waals surface area contributed by atoms with Gasteiger partial charge in [0.25, 0.3) is 0 Å². The molecule has 0 aromatic heterocycles. The van der Waals surface area contributed by atoms with Crippen LogP contribution in [0.15, 0.2) is 28.0 Å². The number of hydrogen-bond donors (Lipinski definition) is 0. The van der Waals surface area contributed by atoms with Crippen LogP contribution >= 0.6 is 11.8 Å². The van der Waals surface area contributed by atoms with Crippen molar-refractivity contribution in [3.8, 4) is 0 Å². The van der Waals surface area contributed by atoms with Crippen LogP contribution in [-0.2, 0) is 19.6 Å². The van der Waals surface area contributed by atoms with E-state index in [1.54, 1.807) is 34.9 Å². The molecule has 176 valence electrons. The minimum absolute atomic E-state index is 0.0586. The second kappa shape index (κ2) is 9.73. The summed E-state index contributed by atoms with van der Waals surface area (Å²) in [5.41, 5.74) is 0.537. The first kappa shape index (κ1) is 23.6. The lowest BCUT2D eigenvalue weighted by molar-refractivity contribution is -0.133. The molecule has 1 saturated carbocycles. The number of rotatable bonds is 5. The molecule has 0 bridgehead atoms. The van der Waals surface area contributed by atoms with Gasteiger partial charge in [-0.2, -0.15) is 4.31 Å². The Hall–Kier alpha value is -1.58. The molecule has 1 unspecified atom stereocenters. The number of nitrogens with zero attached hydrogens (tertiary/aromatic N) is 3. The van der Waals surface area contributed by atoms with Gasteiger partial charge in [-0.05, 0) is 43.9 Å². The van der Waals surface area contributed by atoms with E-state index >= 15 is 0 Å². The van der Waals surface area contributed by atoms with E-state index in [0.717, 1.165) is 43.4 Å². The molecule has 0 N–H and O–H groups in total. The molecule has 9 heteroatoms. The standard InChI is InChI=1S/C23H33N3O4S2/c1-17-16-31-21-11-10-19(32(29,30)25-12-6-7-13-25)14-20(21)26(23(17)28)15-22(27)24(2)18-8-4-3-5-9-18/h10-11,14,17-18H,3-9,12-13,15-16H2,1-2H3. The zero-order chi connectivity index (χ0) is 22.9. The minimum Gasteiger partial charge on any atom is -0.341 e. The zero-order valence-corrected chi connectivity index (χ0v) is 20.6. The van der Waals surface area contributed by atoms with E-state index < -0.39 is 10.0 Å². The summed E-state index contributed by atoms with van der Waals surface area (Å²) in [6.45, 7) is 2.86. The van der Waals surface area contributed by atoms with E-state index in [9.17, 15) is 18.0 Å². The lowest BCUT2D eigenvalue weighted by Crippen LogP contribution is -2.47. The highest BCUT2D eigenvalue weighted by atomic mass is 32.2. The van der Waals surface area contributed by atoms with Gasteiger partial charge in [-0.15, -0.1) is 11.8 Å². The van der Waals surface area contributed by atoms with E-state index in [-0.39, 0.29) is 35.2 Å². The van der Waals surface area contributed by atoms with Crippen LogP contribution in [0.3, 0.4) is 0 Å². The van der Waals surface area contributed by atoms with Gasteiger partial charge in [0.1, 0.15) is 6.54 Å². The molecule has 1 aromatic carbocycles. The van der Waals surface area contributed by atoms with E-state index in [4.69, 9.17) is 0 Å². The molecular formula is C23H33N3O4S2. The fourth-order valence-electron chi connectivity index (χ4n) is 4.82. The van der Waals surface area contributed by atoms with Crippen LogP contribution < -0.4 is 4.90 Å². The predicted molar refractivity (Wildman–Crippen MR) is 126 cm³/mol. The first-order chi connectivity index (χ1) is 15.3. The topological polar surface area (TPSA) is 78.0 Å². The number of sulfonamides is 1. The van der Waals surface area contributed by atoms with Crippen LogP contribution in [0.2, 0.25) is 0 Å². The number of carbonyl (C=O) groups is 2. The third-order valence-corrected chi connectivity index (χ3v) is 10.1. The highest BCUT2D eigenvalue weighted by Crippen LogP contribution is 2.38. The fraction of sp³-hybridized carbons (Fsp3) is 0.652. The van der Waals surface area contributed by atoms with E-state index in [0.29, 0.717) is 24.5 Å². The van der Waals surface area contributed by atoms with Crippen molar-refractivity contribution < 1.29 is 18.0 Å². The fourth-order valence-corrected chi connectivity index (χ4v) is 7.41. The van der Waals surface area contributed by atoms with Gasteiger partial charge >= 0.3 is 0 Å². The maximum atomic E-state index is 13.2. The Morgan fingerprint density at radius 3 is 2.50 bits per heavy atom. The first-order valence-electron chi connectivity index (χ1n) is 11.6. The van der Waals surface area contributed by atoms with E-state index in [2.05, 4.69) is 0 Å². The molecular weight excluding hydrogens is 446 g/mol. The molecule has 2 aliphatic heterocycles. The second-order valence-electron chi connectivity index (χ2n) is 9.17. The molecule has 3 aliphatic rings. The number of carbonyl (C=O) groups excluding carboxylic acids is 2. The summed E-state index contributed by atoms with van der Waals surface area (Å²) < 4.78 is 27.8. The Labute approximate surface area is 195 Å². The van der Waals surface area contributed by atoms with Gasteiger partial charge in [0, 0.05) is 42.7 Å². The lowest BCUT2D eigenvalue weighted by atomic mass is 9.94. The van der Waals surface area contributed by atoms with Crippen LogP contribution in [0, 0.1) is 5.92 Å². The third kappa shape index (κ3) is 4.70. The molecule has 7 nitrogen and oxygen atoms in total. The average molecular weight is 480 g/mol. The number of anilines is 1. The predicted octanol–water partition coefficient (Wildman–Crippen LogP) is 3.34. The number of benzene rings is 1. The lowest BCUT2D eigenvalue weighted by Gasteiger charge is -2.33. The normalized spacial score (nSPS) is 23.1. The zero-order valence-electron chi connectivity index (χ0n) is 19.0. The highest BCUT2D eigenvalue weighted by Gasteiger charge is 2.34. The Morgan fingerprint density at radius 1 is 1.12 bits per heavy atom. The number of thioether (sulfide) groups is 1. The van der Waals surface area contributed by atoms with Crippen molar-refractivity contribution in [3.05, 3.63) is 18.2 Å². The summed E-state index contributed by atoms with van der Waals surface area (Å²) in [4.78, 5) is 30.8. The number of hydrogen-bond acceptors (Lipinski definition) is 5. The maximum absolute atomic E-state index is 13.2. The number of amides is 2. The molecule has 1 aromatic rings. The Bertz CT molecular complexity index is 969. The summed E-state index contributed by atoms with van der Waals surface area (Å²) in [6, 6.07) is 5.23. The van der Waals surface area contributed by atoms with Crippen molar-refractivity contribution in [2.45, 2.75) is 67.7 Å². The van der Waals surface area contributed by atoms with Crippen molar-refractivity contribution in [2.24, 2.45) is 5.92 Å². The average Bonchev–Trinajstić information content (AvgIpc) is 3.33. The maximum Gasteiger partial charge on any atom is 0.243 e. The van der Waals surface area contributed by atoms with Crippen LogP contribution in [0.5, 0.6) is 0 Å². The molecule has 4 rings (SSSR count). The summed E-state index contributed by atoms with van der Waals surface area (Å²) in [5.74, 6) is 0.131. The van der Waals surface area contributed by atoms with Crippen LogP contribution in [0.4, 0.5) is 5.69 Å². The Balaban J connectivity index is 1.64. The summed E-state index contributed by atoms with van der Waals surface area (Å²) in [7, 11) is -1.78. The summed E-state index contributed by atoms with van der Waals surface area (Å²) in [6.07, 6.45) is 7.18. The van der Waals surface area contributed by atoms with Gasteiger partial charge in [-0.1, -0.05) is 26.2 Å². The quantitative estimate of drug-likeness (QED) is 0.647. The van der Waals surface area contributed by atoms with Crippen molar-refractivity contribution >= 4 is 39.3 Å². The van der Waals surface area contributed by atoms with Crippen molar-refractivity contribution in [3.63, 3.8) is 0 Å². The summed E-state index contributed by atoms with van der Waals surface area (Å²) >= 11 is 1.54. The molecule has 2 heterocycles. The third-order valence-electron chi connectivity index (χ3n) is 6.91. The summed E-state index contributed by atoms with van der Waals surface area (Å²) in [5, 5.41) is 0. The van der Waals surface area contributed by atoms with Gasteiger partial charge in [0.05, 0.1) is 10.6 Å². The molecule has 32 heavy (non-hydrogen) atoms. The smallest absolute Gasteiger partial charge is 0.243 e. The Morgan fingerprint density at radius 2 is 1.81 bits per heavy atom. The van der Waals surface area contributed by atoms with Gasteiger partial charge < -0.3 is 9.80 Å². The minimum atomic E-state index is -3.61. The molecule has 1 atom stereocenters. The van der Waals surface area contributed by atoms with Crippen molar-refractivity contribution in [1.29, 1.82) is 0 Å². The molecule has 2 fully saturated rings. The van der Waals surface area contributed by atoms with Crippen LogP contribution in [0.25, 0.3) is 0 Å². The largest absolute Gasteiger partial charge is 0.341 e. The van der Waals surface area contributed by atoms with Crippen LogP contribution in [-0.4, -0.2) is 67.9 Å². The van der Waals surface area contributed by atoms with Gasteiger partial charge in [0.15, 0.2) is 0 Å². The second-order valence-corrected chi connectivity index (χ2v) is 12.2. The van der Waals surface area contributed by atoms with Gasteiger partial charge in [-0.3, -0.25) is 9.59 Å². The highest BCUT2D eigenvalue weighted by molar-refractivity contribution is 7.99. The number of likely N-dealkylation sites (N-methyl/N-ethyl adjacent to an activating group) is 1. The van der Waals surface area contributed by atoms with Crippen molar-refractivity contribution in [2.75, 3.05) is 37.3 Å². The SMILES string of the molecule is CC1CSc2ccc(S(=O)(=O)N3CCCC3)cc2N(CC(=O)N(C)C2CCCCC2)C1=O. The molecule has 1 aliphatic carbocycles. The number of fused-ring (bicyclic) bond motifs is 1. The molecule has 1 saturated heterocycles. The Kier molecular flexibility index (Phi) is 7.17. The first-order valence-corrected chi connectivity index (χ1v) is 14.1. The van der Waals surface area contributed by atoms with E-state index in [1.807, 2.05) is 14.0 Å². The van der Waals surface area contributed by atoms with Gasteiger partial charge in [-0.25, -0.2) is 8.42 Å². The molecule has 0 radical (unpaired) electrons. The van der Waals surface area contributed by atoms with Crippen LogP contribution in [0.1, 0.15) is 51.9 Å². The van der Waals surface area contributed by atoms with E-state index in [1.165, 1.54) is 15.6 Å². The monoisotopic (exact) mass is 479 g/mol. The van der Waals surface area contributed by atoms with Gasteiger partial charge in [0.2, 0.25) is 21.8 Å².